The van der Waals surface area contributed by atoms with Crippen LogP contribution in [0.5, 0.6) is 5.75 Å². The maximum absolute atomic E-state index is 11.5. The molecule has 1 aromatic heterocycles. The van der Waals surface area contributed by atoms with E-state index in [2.05, 4.69) is 4.98 Å². The van der Waals surface area contributed by atoms with Gasteiger partial charge < -0.3 is 9.47 Å². The molecule has 0 saturated heterocycles. The fourth-order valence-corrected chi connectivity index (χ4v) is 2.52. The Morgan fingerprint density at radius 1 is 1.25 bits per heavy atom. The van der Waals surface area contributed by atoms with Crippen molar-refractivity contribution >= 4 is 20.9 Å². The van der Waals surface area contributed by atoms with Gasteiger partial charge in [0.2, 0.25) is 10.0 Å². The predicted octanol–water partition coefficient (Wildman–Crippen LogP) is 1.30. The van der Waals surface area contributed by atoms with Crippen LogP contribution < -0.4 is 9.88 Å². The number of fused-ring (bicyclic) bond motifs is 1. The van der Waals surface area contributed by atoms with Gasteiger partial charge in [0.05, 0.1) is 12.1 Å². The Kier molecular flexibility index (Phi) is 4.53. The van der Waals surface area contributed by atoms with Gasteiger partial charge in [0.25, 0.3) is 0 Å². The van der Waals surface area contributed by atoms with Gasteiger partial charge in [-0.2, -0.15) is 0 Å². The van der Waals surface area contributed by atoms with Gasteiger partial charge in [-0.1, -0.05) is 0 Å². The van der Waals surface area contributed by atoms with Crippen molar-refractivity contribution < 1.29 is 17.9 Å². The zero-order valence-electron chi connectivity index (χ0n) is 11.1. The second-order valence-electron chi connectivity index (χ2n) is 4.05. The number of ether oxygens (including phenoxy) is 2. The van der Waals surface area contributed by atoms with E-state index in [-0.39, 0.29) is 4.90 Å². The molecule has 6 nitrogen and oxygen atoms in total. The highest BCUT2D eigenvalue weighted by atomic mass is 32.2. The summed E-state index contributed by atoms with van der Waals surface area (Å²) in [5, 5.41) is 5.79. The summed E-state index contributed by atoms with van der Waals surface area (Å²) in [6, 6.07) is 6.44. The highest BCUT2D eigenvalue weighted by molar-refractivity contribution is 7.89. The van der Waals surface area contributed by atoms with Gasteiger partial charge >= 0.3 is 0 Å². The molecule has 0 spiro atoms. The number of primary sulfonamides is 1. The quantitative estimate of drug-likeness (QED) is 0.811. The topological polar surface area (TPSA) is 91.5 Å². The van der Waals surface area contributed by atoms with Crippen molar-refractivity contribution in [1.29, 1.82) is 0 Å². The minimum Gasteiger partial charge on any atom is -0.490 e. The second kappa shape index (κ2) is 6.17. The Morgan fingerprint density at radius 2 is 2.05 bits per heavy atom. The van der Waals surface area contributed by atoms with Crippen LogP contribution in [0, 0.1) is 0 Å². The molecule has 0 unspecified atom stereocenters. The van der Waals surface area contributed by atoms with Crippen LogP contribution >= 0.6 is 0 Å². The third-order valence-corrected chi connectivity index (χ3v) is 3.63. The van der Waals surface area contributed by atoms with E-state index in [1.165, 1.54) is 12.3 Å². The third kappa shape index (κ3) is 3.24. The molecule has 0 aliphatic rings. The van der Waals surface area contributed by atoms with E-state index in [1.807, 2.05) is 6.92 Å². The molecule has 7 heteroatoms. The average Bonchev–Trinajstić information content (AvgIpc) is 2.42. The summed E-state index contributed by atoms with van der Waals surface area (Å²) in [6.07, 6.45) is 1.51. The van der Waals surface area contributed by atoms with Crippen molar-refractivity contribution in [3.63, 3.8) is 0 Å². The molecule has 0 atom stereocenters. The van der Waals surface area contributed by atoms with E-state index < -0.39 is 10.0 Å². The fourth-order valence-electron chi connectivity index (χ4n) is 1.83. The van der Waals surface area contributed by atoms with Gasteiger partial charge in [0.15, 0.2) is 0 Å². The molecule has 0 saturated carbocycles. The lowest BCUT2D eigenvalue weighted by atomic mass is 10.2. The maximum atomic E-state index is 11.5. The zero-order valence-corrected chi connectivity index (χ0v) is 11.9. The first-order valence-corrected chi connectivity index (χ1v) is 7.69. The number of hydrogen-bond acceptors (Lipinski definition) is 5. The first kappa shape index (κ1) is 14.7. The summed E-state index contributed by atoms with van der Waals surface area (Å²) < 4.78 is 33.8. The van der Waals surface area contributed by atoms with E-state index in [0.29, 0.717) is 36.5 Å². The number of benzene rings is 1. The molecule has 2 aromatic rings. The van der Waals surface area contributed by atoms with Crippen LogP contribution in [0.25, 0.3) is 10.9 Å². The van der Waals surface area contributed by atoms with Crippen molar-refractivity contribution in [3.8, 4) is 5.75 Å². The third-order valence-electron chi connectivity index (χ3n) is 2.69. The maximum Gasteiger partial charge on any atom is 0.240 e. The molecule has 0 aliphatic carbocycles. The molecule has 0 amide bonds. The molecule has 0 bridgehead atoms. The molecule has 2 rings (SSSR count). The van der Waals surface area contributed by atoms with Crippen LogP contribution in [0.1, 0.15) is 6.92 Å². The lowest BCUT2D eigenvalue weighted by Gasteiger charge is -2.11. The summed E-state index contributed by atoms with van der Waals surface area (Å²) in [6.45, 7) is 3.37. The Bertz CT molecular complexity index is 701. The smallest absolute Gasteiger partial charge is 0.240 e. The Morgan fingerprint density at radius 3 is 2.75 bits per heavy atom. The van der Waals surface area contributed by atoms with Crippen molar-refractivity contribution in [2.45, 2.75) is 11.8 Å². The van der Waals surface area contributed by atoms with Crippen LogP contribution in [0.4, 0.5) is 0 Å². The monoisotopic (exact) mass is 296 g/mol. The van der Waals surface area contributed by atoms with Crippen LogP contribution in [-0.4, -0.2) is 33.2 Å². The first-order chi connectivity index (χ1) is 9.54. The van der Waals surface area contributed by atoms with Gasteiger partial charge in [-0.25, -0.2) is 13.6 Å². The van der Waals surface area contributed by atoms with Crippen LogP contribution in [0.3, 0.4) is 0 Å². The number of nitrogens with zero attached hydrogens (tertiary/aromatic N) is 1. The minimum absolute atomic E-state index is 0.00902. The number of rotatable bonds is 6. The van der Waals surface area contributed by atoms with E-state index in [9.17, 15) is 8.42 Å². The second-order valence-corrected chi connectivity index (χ2v) is 5.58. The number of aromatic nitrogens is 1. The number of pyridine rings is 1. The summed E-state index contributed by atoms with van der Waals surface area (Å²) in [7, 11) is -3.82. The molecule has 0 fully saturated rings. The largest absolute Gasteiger partial charge is 0.490 e. The van der Waals surface area contributed by atoms with E-state index in [4.69, 9.17) is 14.6 Å². The van der Waals surface area contributed by atoms with Gasteiger partial charge in [0, 0.05) is 18.2 Å². The fraction of sp³-hybridized carbons (Fsp3) is 0.308. The van der Waals surface area contributed by atoms with E-state index in [0.717, 1.165) is 0 Å². The summed E-state index contributed by atoms with van der Waals surface area (Å²) in [5.41, 5.74) is 0.309. The molecule has 0 aliphatic heterocycles. The number of sulfonamides is 1. The Labute approximate surface area is 117 Å². The molecule has 108 valence electrons. The molecule has 20 heavy (non-hydrogen) atoms. The van der Waals surface area contributed by atoms with Crippen LogP contribution in [0.15, 0.2) is 35.4 Å². The number of hydrogen-bond donors (Lipinski definition) is 1. The average molecular weight is 296 g/mol. The minimum atomic E-state index is -3.82. The molecule has 1 aromatic carbocycles. The highest BCUT2D eigenvalue weighted by Crippen LogP contribution is 2.28. The van der Waals surface area contributed by atoms with Gasteiger partial charge in [0.1, 0.15) is 17.3 Å². The zero-order chi connectivity index (χ0) is 14.6. The summed E-state index contributed by atoms with van der Waals surface area (Å²) in [5.74, 6) is 0.556. The Balaban J connectivity index is 2.39. The van der Waals surface area contributed by atoms with Crippen LogP contribution in [-0.2, 0) is 14.8 Å². The van der Waals surface area contributed by atoms with E-state index >= 15 is 0 Å². The number of nitrogens with two attached hydrogens (primary N) is 1. The molecule has 0 radical (unpaired) electrons. The highest BCUT2D eigenvalue weighted by Gasteiger charge is 2.16. The predicted molar refractivity (Wildman–Crippen MR) is 75.1 cm³/mol. The van der Waals surface area contributed by atoms with Crippen molar-refractivity contribution in [2.75, 3.05) is 19.8 Å². The van der Waals surface area contributed by atoms with Crippen molar-refractivity contribution in [2.24, 2.45) is 5.14 Å². The normalized spacial score (nSPS) is 11.7. The SMILES string of the molecule is CCOCCOc1ccc(S(N)(=O)=O)c2ncccc12. The van der Waals surface area contributed by atoms with Gasteiger partial charge in [-0.05, 0) is 31.2 Å². The van der Waals surface area contributed by atoms with Crippen molar-refractivity contribution in [1.82, 2.24) is 4.98 Å². The lowest BCUT2D eigenvalue weighted by Crippen LogP contribution is -2.13. The molecular formula is C13H16N2O4S. The first-order valence-electron chi connectivity index (χ1n) is 6.15. The van der Waals surface area contributed by atoms with E-state index in [1.54, 1.807) is 18.2 Å². The molecule has 1 heterocycles. The van der Waals surface area contributed by atoms with Crippen molar-refractivity contribution in [3.05, 3.63) is 30.5 Å². The summed E-state index contributed by atoms with van der Waals surface area (Å²) in [4.78, 5) is 4.07. The molecule has 2 N–H and O–H groups in total. The Hall–Kier alpha value is -1.70. The lowest BCUT2D eigenvalue weighted by molar-refractivity contribution is 0.111. The van der Waals surface area contributed by atoms with Gasteiger partial charge in [-0.3, -0.25) is 4.98 Å². The van der Waals surface area contributed by atoms with Crippen LogP contribution in [0.2, 0.25) is 0 Å². The molecular weight excluding hydrogens is 280 g/mol. The standard InChI is InChI=1S/C13H16N2O4S/c1-2-18-8-9-19-11-5-6-12(20(14,16)17)13-10(11)4-3-7-15-13/h3-7H,2,8-9H2,1H3,(H2,14,16,17). The van der Waals surface area contributed by atoms with Gasteiger partial charge in [-0.15, -0.1) is 0 Å². The summed E-state index contributed by atoms with van der Waals surface area (Å²) >= 11 is 0.